The van der Waals surface area contributed by atoms with E-state index in [1.165, 1.54) is 0 Å². The Labute approximate surface area is 164 Å². The highest BCUT2D eigenvalue weighted by atomic mass is 16.5. The van der Waals surface area contributed by atoms with Gasteiger partial charge in [-0.1, -0.05) is 30.3 Å². The number of hydrogen-bond acceptors (Lipinski definition) is 3. The Morgan fingerprint density at radius 3 is 1.82 bits per heavy atom. The molecule has 2 amide bonds. The van der Waals surface area contributed by atoms with Crippen molar-refractivity contribution in [3.63, 3.8) is 0 Å². The number of anilines is 2. The minimum atomic E-state index is -0.249. The smallest absolute Gasteiger partial charge is 0.259 e. The summed E-state index contributed by atoms with van der Waals surface area (Å²) < 4.78 is 5.50. The zero-order chi connectivity index (χ0) is 19.9. The van der Waals surface area contributed by atoms with Crippen molar-refractivity contribution >= 4 is 23.2 Å². The van der Waals surface area contributed by atoms with Gasteiger partial charge in [0.1, 0.15) is 5.75 Å². The second kappa shape index (κ2) is 8.86. The maximum Gasteiger partial charge on any atom is 0.259 e. The van der Waals surface area contributed by atoms with E-state index in [9.17, 15) is 9.59 Å². The molecule has 3 aromatic rings. The lowest BCUT2D eigenvalue weighted by Crippen LogP contribution is -2.14. The lowest BCUT2D eigenvalue weighted by molar-refractivity contribution is 0.101. The average Bonchev–Trinajstić information content (AvgIpc) is 2.70. The van der Waals surface area contributed by atoms with E-state index in [2.05, 4.69) is 10.6 Å². The third-order valence-corrected chi connectivity index (χ3v) is 4.22. The van der Waals surface area contributed by atoms with Crippen LogP contribution in [0.4, 0.5) is 11.4 Å². The highest BCUT2D eigenvalue weighted by Gasteiger charge is 2.12. The summed E-state index contributed by atoms with van der Waals surface area (Å²) in [5, 5.41) is 5.71. The monoisotopic (exact) mass is 374 g/mol. The Balaban J connectivity index is 1.67. The number of para-hydroxylation sites is 1. The van der Waals surface area contributed by atoms with Crippen LogP contribution in [0.25, 0.3) is 0 Å². The summed E-state index contributed by atoms with van der Waals surface area (Å²) in [6.07, 6.45) is 0. The van der Waals surface area contributed by atoms with E-state index in [-0.39, 0.29) is 11.8 Å². The van der Waals surface area contributed by atoms with Crippen LogP contribution in [0.2, 0.25) is 0 Å². The van der Waals surface area contributed by atoms with Crippen molar-refractivity contribution in [1.29, 1.82) is 0 Å². The second-order valence-electron chi connectivity index (χ2n) is 6.23. The van der Waals surface area contributed by atoms with E-state index in [1.54, 1.807) is 48.5 Å². The molecule has 0 bridgehead atoms. The summed E-state index contributed by atoms with van der Waals surface area (Å²) in [5.74, 6) is 0.130. The highest BCUT2D eigenvalue weighted by molar-refractivity contribution is 6.07. The molecule has 3 rings (SSSR count). The maximum absolute atomic E-state index is 12.5. The number of carbonyl (C=O) groups is 2. The number of aryl methyl sites for hydroxylation is 1. The van der Waals surface area contributed by atoms with Crippen LogP contribution in [-0.2, 0) is 0 Å². The maximum atomic E-state index is 12.5. The fraction of sp³-hybridized carbons (Fsp3) is 0.130. The number of benzene rings is 3. The topological polar surface area (TPSA) is 67.4 Å². The number of nitrogens with one attached hydrogen (secondary N) is 2. The molecule has 0 radical (unpaired) electrons. The van der Waals surface area contributed by atoms with Crippen molar-refractivity contribution < 1.29 is 14.3 Å². The Morgan fingerprint density at radius 1 is 0.750 bits per heavy atom. The standard InChI is InChI=1S/C23H22N2O3/c1-3-28-21-11-7-6-10-20(21)23(27)25-18-14-12-17(13-15-18)24-22(26)19-9-5-4-8-16(19)2/h4-15H,3H2,1-2H3,(H,24,26)(H,25,27). The molecule has 0 unspecified atom stereocenters. The van der Waals surface area contributed by atoms with Gasteiger partial charge in [-0.05, 0) is 61.9 Å². The van der Waals surface area contributed by atoms with Crippen LogP contribution in [0.1, 0.15) is 33.2 Å². The molecule has 2 N–H and O–H groups in total. The molecule has 0 aromatic heterocycles. The first-order valence-electron chi connectivity index (χ1n) is 9.08. The van der Waals surface area contributed by atoms with Gasteiger partial charge in [-0.15, -0.1) is 0 Å². The molecule has 0 aliphatic carbocycles. The molecule has 3 aromatic carbocycles. The number of rotatable bonds is 6. The lowest BCUT2D eigenvalue weighted by atomic mass is 10.1. The summed E-state index contributed by atoms with van der Waals surface area (Å²) in [6.45, 7) is 4.26. The molecule has 5 heteroatoms. The number of hydrogen-bond donors (Lipinski definition) is 2. The van der Waals surface area contributed by atoms with Gasteiger partial charge in [0.05, 0.1) is 12.2 Å². The summed E-state index contributed by atoms with van der Waals surface area (Å²) in [4.78, 5) is 24.9. The number of carbonyl (C=O) groups excluding carboxylic acids is 2. The van der Waals surface area contributed by atoms with Gasteiger partial charge in [0.15, 0.2) is 0 Å². The van der Waals surface area contributed by atoms with Crippen molar-refractivity contribution in [3.8, 4) is 5.75 Å². The summed E-state index contributed by atoms with van der Waals surface area (Å²) in [6, 6.07) is 21.5. The molecule has 0 saturated carbocycles. The Bertz CT molecular complexity index is 981. The van der Waals surface area contributed by atoms with Gasteiger partial charge in [0, 0.05) is 16.9 Å². The molecule has 0 heterocycles. The zero-order valence-electron chi connectivity index (χ0n) is 15.9. The molecule has 0 atom stereocenters. The summed E-state index contributed by atoms with van der Waals surface area (Å²) in [5.41, 5.74) is 3.30. The average molecular weight is 374 g/mol. The van der Waals surface area contributed by atoms with Gasteiger partial charge in [0.2, 0.25) is 0 Å². The van der Waals surface area contributed by atoms with Crippen LogP contribution in [-0.4, -0.2) is 18.4 Å². The van der Waals surface area contributed by atoms with Crippen molar-refractivity contribution in [2.24, 2.45) is 0 Å². The predicted octanol–water partition coefficient (Wildman–Crippen LogP) is 4.90. The fourth-order valence-electron chi connectivity index (χ4n) is 2.80. The van der Waals surface area contributed by atoms with Gasteiger partial charge in [-0.3, -0.25) is 9.59 Å². The summed E-state index contributed by atoms with van der Waals surface area (Å²) in [7, 11) is 0. The van der Waals surface area contributed by atoms with Crippen LogP contribution in [0.3, 0.4) is 0 Å². The number of amides is 2. The van der Waals surface area contributed by atoms with E-state index in [0.717, 1.165) is 5.56 Å². The molecule has 5 nitrogen and oxygen atoms in total. The first kappa shape index (κ1) is 19.2. The van der Waals surface area contributed by atoms with Crippen molar-refractivity contribution in [2.75, 3.05) is 17.2 Å². The van der Waals surface area contributed by atoms with Crippen molar-refractivity contribution in [3.05, 3.63) is 89.5 Å². The van der Waals surface area contributed by atoms with Crippen molar-refractivity contribution in [1.82, 2.24) is 0 Å². The molecule has 0 saturated heterocycles. The van der Waals surface area contributed by atoms with Gasteiger partial charge in [-0.2, -0.15) is 0 Å². The molecular formula is C23H22N2O3. The van der Waals surface area contributed by atoms with Crippen LogP contribution in [0.15, 0.2) is 72.8 Å². The molecular weight excluding hydrogens is 352 g/mol. The molecule has 142 valence electrons. The van der Waals surface area contributed by atoms with E-state index in [0.29, 0.717) is 34.9 Å². The van der Waals surface area contributed by atoms with Gasteiger partial charge >= 0.3 is 0 Å². The molecule has 0 fully saturated rings. The third-order valence-electron chi connectivity index (χ3n) is 4.22. The Hall–Kier alpha value is -3.60. The Morgan fingerprint density at radius 2 is 1.25 bits per heavy atom. The normalized spacial score (nSPS) is 10.2. The van der Waals surface area contributed by atoms with E-state index < -0.39 is 0 Å². The van der Waals surface area contributed by atoms with Crippen molar-refractivity contribution in [2.45, 2.75) is 13.8 Å². The molecule has 0 aliphatic rings. The van der Waals surface area contributed by atoms with Crippen LogP contribution < -0.4 is 15.4 Å². The largest absolute Gasteiger partial charge is 0.493 e. The quantitative estimate of drug-likeness (QED) is 0.645. The fourth-order valence-corrected chi connectivity index (χ4v) is 2.80. The van der Waals surface area contributed by atoms with E-state index in [4.69, 9.17) is 4.74 Å². The van der Waals surface area contributed by atoms with E-state index >= 15 is 0 Å². The van der Waals surface area contributed by atoms with Gasteiger partial charge in [0.25, 0.3) is 11.8 Å². The Kier molecular flexibility index (Phi) is 6.07. The van der Waals surface area contributed by atoms with Gasteiger partial charge < -0.3 is 15.4 Å². The van der Waals surface area contributed by atoms with Crippen LogP contribution in [0.5, 0.6) is 5.75 Å². The molecule has 0 aliphatic heterocycles. The third kappa shape index (κ3) is 4.57. The number of ether oxygens (including phenoxy) is 1. The van der Waals surface area contributed by atoms with Gasteiger partial charge in [-0.25, -0.2) is 0 Å². The molecule has 28 heavy (non-hydrogen) atoms. The predicted molar refractivity (Wildman–Crippen MR) is 111 cm³/mol. The first-order valence-corrected chi connectivity index (χ1v) is 9.08. The lowest BCUT2D eigenvalue weighted by Gasteiger charge is -2.11. The second-order valence-corrected chi connectivity index (χ2v) is 6.23. The van der Waals surface area contributed by atoms with Crippen LogP contribution in [0, 0.1) is 6.92 Å². The SMILES string of the molecule is CCOc1ccccc1C(=O)Nc1ccc(NC(=O)c2ccccc2C)cc1. The minimum Gasteiger partial charge on any atom is -0.493 e. The first-order chi connectivity index (χ1) is 13.6. The van der Waals surface area contributed by atoms with E-state index in [1.807, 2.05) is 38.1 Å². The minimum absolute atomic E-state index is 0.166. The highest BCUT2D eigenvalue weighted by Crippen LogP contribution is 2.21. The molecule has 0 spiro atoms. The summed E-state index contributed by atoms with van der Waals surface area (Å²) >= 11 is 0. The zero-order valence-corrected chi connectivity index (χ0v) is 15.9. The van der Waals surface area contributed by atoms with Crippen LogP contribution >= 0.6 is 0 Å².